The fraction of sp³-hybridized carbons (Fsp3) is 0.318. The van der Waals surface area contributed by atoms with Crippen LogP contribution in [0.15, 0.2) is 60.8 Å². The number of aromatic nitrogens is 1. The zero-order valence-corrected chi connectivity index (χ0v) is 14.3. The van der Waals surface area contributed by atoms with E-state index in [1.165, 1.54) is 11.8 Å². The molecule has 1 fully saturated rings. The van der Waals surface area contributed by atoms with E-state index < -0.39 is 0 Å². The first-order valence-electron chi connectivity index (χ1n) is 9.11. The molecule has 1 aromatic heterocycles. The van der Waals surface area contributed by atoms with E-state index in [1.54, 1.807) is 12.1 Å². The summed E-state index contributed by atoms with van der Waals surface area (Å²) in [6.45, 7) is 0.717. The number of hydrogen-bond acceptors (Lipinski definition) is 2. The third-order valence-corrected chi connectivity index (χ3v) is 5.52. The van der Waals surface area contributed by atoms with Crippen molar-refractivity contribution < 1.29 is 4.39 Å². The number of pyridine rings is 1. The van der Waals surface area contributed by atoms with Crippen molar-refractivity contribution in [1.82, 2.24) is 4.98 Å². The van der Waals surface area contributed by atoms with Gasteiger partial charge in [-0.3, -0.25) is 0 Å². The van der Waals surface area contributed by atoms with Crippen LogP contribution < -0.4 is 5.32 Å². The van der Waals surface area contributed by atoms with Gasteiger partial charge < -0.3 is 5.32 Å². The Bertz CT molecular complexity index is 863. The minimum absolute atomic E-state index is 0.0860. The smallest absolute Gasteiger partial charge is 0.133 e. The second-order valence-corrected chi connectivity index (χ2v) is 7.06. The van der Waals surface area contributed by atoms with Crippen LogP contribution in [0.5, 0.6) is 0 Å². The van der Waals surface area contributed by atoms with E-state index in [0.29, 0.717) is 0 Å². The molecule has 1 heterocycles. The predicted molar refractivity (Wildman–Crippen MR) is 101 cm³/mol. The summed E-state index contributed by atoms with van der Waals surface area (Å²) < 4.78 is 14.6. The molecule has 4 rings (SSSR count). The number of fused-ring (bicyclic) bond motifs is 1. The Hall–Kier alpha value is -2.42. The molecule has 3 aromatic rings. The maximum atomic E-state index is 14.6. The summed E-state index contributed by atoms with van der Waals surface area (Å²) in [6, 6.07) is 17.5. The van der Waals surface area contributed by atoms with Gasteiger partial charge in [0.2, 0.25) is 0 Å². The van der Waals surface area contributed by atoms with E-state index in [9.17, 15) is 4.39 Å². The van der Waals surface area contributed by atoms with Crippen LogP contribution in [0.2, 0.25) is 0 Å². The fourth-order valence-electron chi connectivity index (χ4n) is 4.17. The molecule has 1 saturated carbocycles. The van der Waals surface area contributed by atoms with Crippen molar-refractivity contribution in [3.63, 3.8) is 0 Å². The van der Waals surface area contributed by atoms with E-state index >= 15 is 0 Å². The molecule has 1 aliphatic carbocycles. The number of benzene rings is 2. The minimum Gasteiger partial charge on any atom is -0.369 e. The van der Waals surface area contributed by atoms with Crippen molar-refractivity contribution in [2.75, 3.05) is 11.9 Å². The van der Waals surface area contributed by atoms with E-state index in [1.807, 2.05) is 36.5 Å². The Morgan fingerprint density at radius 1 is 0.920 bits per heavy atom. The van der Waals surface area contributed by atoms with Gasteiger partial charge in [-0.05, 0) is 35.9 Å². The van der Waals surface area contributed by atoms with Gasteiger partial charge in [-0.1, -0.05) is 61.7 Å². The fourth-order valence-corrected chi connectivity index (χ4v) is 4.17. The van der Waals surface area contributed by atoms with Gasteiger partial charge in [0.15, 0.2) is 0 Å². The second-order valence-electron chi connectivity index (χ2n) is 7.06. The molecule has 0 radical (unpaired) electrons. The number of hydrogen-bond donors (Lipinski definition) is 1. The van der Waals surface area contributed by atoms with Crippen LogP contribution in [-0.2, 0) is 5.41 Å². The molecule has 0 aliphatic heterocycles. The van der Waals surface area contributed by atoms with Gasteiger partial charge in [0.25, 0.3) is 0 Å². The Kier molecular flexibility index (Phi) is 4.39. The highest BCUT2D eigenvalue weighted by molar-refractivity contribution is 5.91. The van der Waals surface area contributed by atoms with Crippen LogP contribution in [0.3, 0.4) is 0 Å². The van der Waals surface area contributed by atoms with Crippen LogP contribution >= 0.6 is 0 Å². The summed E-state index contributed by atoms with van der Waals surface area (Å²) in [5.74, 6) is 0.802. The number of anilines is 1. The quantitative estimate of drug-likeness (QED) is 0.663. The summed E-state index contributed by atoms with van der Waals surface area (Å²) in [6.07, 6.45) is 7.42. The molecule has 128 valence electrons. The Morgan fingerprint density at radius 2 is 1.68 bits per heavy atom. The van der Waals surface area contributed by atoms with Gasteiger partial charge in [-0.25, -0.2) is 9.37 Å². The largest absolute Gasteiger partial charge is 0.369 e. The summed E-state index contributed by atoms with van der Waals surface area (Å²) in [5.41, 5.74) is 0.699. The highest BCUT2D eigenvalue weighted by atomic mass is 19.1. The third kappa shape index (κ3) is 3.11. The lowest BCUT2D eigenvalue weighted by Crippen LogP contribution is -2.37. The molecule has 0 saturated heterocycles. The molecule has 2 nitrogen and oxygen atoms in total. The minimum atomic E-state index is -0.151. The van der Waals surface area contributed by atoms with Gasteiger partial charge in [-0.2, -0.15) is 0 Å². The second kappa shape index (κ2) is 6.83. The summed E-state index contributed by atoms with van der Waals surface area (Å²) in [7, 11) is 0. The molecule has 0 unspecified atom stereocenters. The standard InChI is InChI=1S/C22H23FN2/c23-20-11-5-4-10-19(20)22(13-6-1-7-14-22)16-25-21-18-9-3-2-8-17(18)12-15-24-21/h2-5,8-12,15H,1,6-7,13-14,16H2,(H,24,25). The van der Waals surface area contributed by atoms with Crippen molar-refractivity contribution in [2.24, 2.45) is 0 Å². The monoisotopic (exact) mass is 334 g/mol. The summed E-state index contributed by atoms with van der Waals surface area (Å²) >= 11 is 0. The van der Waals surface area contributed by atoms with Crippen molar-refractivity contribution in [2.45, 2.75) is 37.5 Å². The van der Waals surface area contributed by atoms with Crippen LogP contribution in [-0.4, -0.2) is 11.5 Å². The van der Waals surface area contributed by atoms with E-state index in [2.05, 4.69) is 22.4 Å². The van der Waals surface area contributed by atoms with Gasteiger partial charge in [-0.15, -0.1) is 0 Å². The average molecular weight is 334 g/mol. The molecule has 3 heteroatoms. The average Bonchev–Trinajstić information content (AvgIpc) is 2.67. The molecule has 25 heavy (non-hydrogen) atoms. The van der Waals surface area contributed by atoms with E-state index in [4.69, 9.17) is 0 Å². The van der Waals surface area contributed by atoms with Crippen LogP contribution in [0.1, 0.15) is 37.7 Å². The molecular weight excluding hydrogens is 311 g/mol. The summed E-state index contributed by atoms with van der Waals surface area (Å²) in [4.78, 5) is 4.53. The van der Waals surface area contributed by atoms with Crippen molar-refractivity contribution in [3.8, 4) is 0 Å². The topological polar surface area (TPSA) is 24.9 Å². The van der Waals surface area contributed by atoms with Gasteiger partial charge in [0, 0.05) is 23.5 Å². The highest BCUT2D eigenvalue weighted by Gasteiger charge is 2.35. The summed E-state index contributed by atoms with van der Waals surface area (Å²) in [5, 5.41) is 5.83. The molecule has 1 N–H and O–H groups in total. The maximum absolute atomic E-state index is 14.6. The lowest BCUT2D eigenvalue weighted by Gasteiger charge is -2.38. The van der Waals surface area contributed by atoms with Gasteiger partial charge in [0.05, 0.1) is 0 Å². The maximum Gasteiger partial charge on any atom is 0.133 e. The Morgan fingerprint density at radius 3 is 2.52 bits per heavy atom. The molecule has 1 aliphatic rings. The van der Waals surface area contributed by atoms with Crippen molar-refractivity contribution in [1.29, 1.82) is 0 Å². The highest BCUT2D eigenvalue weighted by Crippen LogP contribution is 2.41. The first kappa shape index (κ1) is 16.1. The SMILES string of the molecule is Fc1ccccc1C1(CNc2nccc3ccccc23)CCCCC1. The number of rotatable bonds is 4. The third-order valence-electron chi connectivity index (χ3n) is 5.52. The normalized spacial score (nSPS) is 16.7. The molecule has 0 amide bonds. The molecule has 0 bridgehead atoms. The molecule has 2 aromatic carbocycles. The Labute approximate surface area is 148 Å². The molecule has 0 spiro atoms. The zero-order chi connectivity index (χ0) is 17.1. The first-order chi connectivity index (χ1) is 12.3. The van der Waals surface area contributed by atoms with E-state index in [-0.39, 0.29) is 11.2 Å². The van der Waals surface area contributed by atoms with Gasteiger partial charge in [0.1, 0.15) is 11.6 Å². The number of nitrogens with zero attached hydrogens (tertiary/aromatic N) is 1. The van der Waals surface area contributed by atoms with Gasteiger partial charge >= 0.3 is 0 Å². The number of nitrogens with one attached hydrogen (secondary N) is 1. The van der Waals surface area contributed by atoms with E-state index in [0.717, 1.165) is 49.0 Å². The lowest BCUT2D eigenvalue weighted by molar-refractivity contribution is 0.298. The van der Waals surface area contributed by atoms with Crippen molar-refractivity contribution in [3.05, 3.63) is 72.2 Å². The number of halogens is 1. The zero-order valence-electron chi connectivity index (χ0n) is 14.3. The van der Waals surface area contributed by atoms with Crippen molar-refractivity contribution >= 4 is 16.6 Å². The Balaban J connectivity index is 1.67. The van der Waals surface area contributed by atoms with Crippen LogP contribution in [0.25, 0.3) is 10.8 Å². The predicted octanol–water partition coefficient (Wildman–Crippen LogP) is 5.69. The lowest BCUT2D eigenvalue weighted by atomic mass is 9.69. The van der Waals surface area contributed by atoms with Crippen LogP contribution in [0, 0.1) is 5.82 Å². The molecule has 0 atom stereocenters. The first-order valence-corrected chi connectivity index (χ1v) is 9.11. The van der Waals surface area contributed by atoms with Crippen LogP contribution in [0.4, 0.5) is 10.2 Å². The molecular formula is C22H23FN2.